The first-order valence-electron chi connectivity index (χ1n) is 7.65. The van der Waals surface area contributed by atoms with Gasteiger partial charge in [-0.3, -0.25) is 9.69 Å². The van der Waals surface area contributed by atoms with Crippen molar-refractivity contribution in [2.24, 2.45) is 0 Å². The largest absolute Gasteiger partial charge is 0.378 e. The topological polar surface area (TPSA) is 36.4 Å². The summed E-state index contributed by atoms with van der Waals surface area (Å²) in [5.41, 5.74) is 1.95. The van der Waals surface area contributed by atoms with Crippen LogP contribution in [-0.2, 0) is 4.79 Å². The molecule has 0 N–H and O–H groups in total. The third kappa shape index (κ3) is 3.85. The van der Waals surface area contributed by atoms with Crippen LogP contribution in [0.25, 0.3) is 0 Å². The Balaban J connectivity index is 2.33. The van der Waals surface area contributed by atoms with Crippen LogP contribution in [0.3, 0.4) is 0 Å². The fourth-order valence-corrected chi connectivity index (χ4v) is 2.23. The Hall–Kier alpha value is -2.36. The van der Waals surface area contributed by atoms with E-state index >= 15 is 0 Å². The van der Waals surface area contributed by atoms with Crippen LogP contribution in [0, 0.1) is 0 Å². The highest BCUT2D eigenvalue weighted by Gasteiger charge is 2.18. The van der Waals surface area contributed by atoms with E-state index in [1.54, 1.807) is 11.1 Å². The van der Waals surface area contributed by atoms with E-state index < -0.39 is 0 Å². The standard InChI is InChI=1S/C18H23N3O/c1-4-5-9-18(22)21(17-8-6-7-14-19-17)16-12-10-15(11-13-16)20(2)3/h6-8,10-14H,4-5,9H2,1-3H3. The molecule has 2 rings (SSSR count). The van der Waals surface area contributed by atoms with Crippen LogP contribution in [-0.4, -0.2) is 25.0 Å². The average molecular weight is 297 g/mol. The molecule has 0 spiro atoms. The molecule has 0 aliphatic rings. The first kappa shape index (κ1) is 16.0. The van der Waals surface area contributed by atoms with E-state index in [-0.39, 0.29) is 5.91 Å². The monoisotopic (exact) mass is 297 g/mol. The number of nitrogens with zero attached hydrogens (tertiary/aromatic N) is 3. The minimum Gasteiger partial charge on any atom is -0.378 e. The molecule has 0 aliphatic heterocycles. The smallest absolute Gasteiger partial charge is 0.232 e. The Morgan fingerprint density at radius 3 is 2.27 bits per heavy atom. The quantitative estimate of drug-likeness (QED) is 0.808. The summed E-state index contributed by atoms with van der Waals surface area (Å²) in [5, 5.41) is 0. The zero-order valence-corrected chi connectivity index (χ0v) is 13.5. The predicted molar refractivity (Wildman–Crippen MR) is 91.7 cm³/mol. The van der Waals surface area contributed by atoms with Crippen LogP contribution in [0.15, 0.2) is 48.7 Å². The molecule has 22 heavy (non-hydrogen) atoms. The van der Waals surface area contributed by atoms with E-state index in [9.17, 15) is 4.79 Å². The molecule has 0 saturated heterocycles. The summed E-state index contributed by atoms with van der Waals surface area (Å²) < 4.78 is 0. The number of anilines is 3. The first-order valence-corrected chi connectivity index (χ1v) is 7.65. The highest BCUT2D eigenvalue weighted by molar-refractivity contribution is 5.99. The Morgan fingerprint density at radius 1 is 1.05 bits per heavy atom. The Morgan fingerprint density at radius 2 is 1.73 bits per heavy atom. The van der Waals surface area contributed by atoms with Crippen molar-refractivity contribution < 1.29 is 4.79 Å². The number of benzene rings is 1. The lowest BCUT2D eigenvalue weighted by atomic mass is 10.2. The zero-order valence-electron chi connectivity index (χ0n) is 13.5. The Labute approximate surface area is 132 Å². The van der Waals surface area contributed by atoms with Gasteiger partial charge in [0.25, 0.3) is 0 Å². The number of carbonyl (C=O) groups excluding carboxylic acids is 1. The van der Waals surface area contributed by atoms with Gasteiger partial charge in [0.1, 0.15) is 5.82 Å². The maximum absolute atomic E-state index is 12.6. The van der Waals surface area contributed by atoms with E-state index in [2.05, 4.69) is 11.9 Å². The molecule has 1 heterocycles. The Kier molecular flexibility index (Phi) is 5.53. The molecule has 4 heteroatoms. The number of pyridine rings is 1. The van der Waals surface area contributed by atoms with E-state index in [4.69, 9.17) is 0 Å². The van der Waals surface area contributed by atoms with Gasteiger partial charge in [0.05, 0.1) is 5.69 Å². The second kappa shape index (κ2) is 7.59. The molecule has 0 radical (unpaired) electrons. The molecular weight excluding hydrogens is 274 g/mol. The van der Waals surface area contributed by atoms with Crippen molar-refractivity contribution >= 4 is 23.1 Å². The van der Waals surface area contributed by atoms with E-state index in [0.29, 0.717) is 12.2 Å². The summed E-state index contributed by atoms with van der Waals surface area (Å²) >= 11 is 0. The summed E-state index contributed by atoms with van der Waals surface area (Å²) in [5.74, 6) is 0.749. The first-order chi connectivity index (χ1) is 10.6. The van der Waals surface area contributed by atoms with Crippen molar-refractivity contribution in [3.05, 3.63) is 48.7 Å². The molecule has 0 atom stereocenters. The zero-order chi connectivity index (χ0) is 15.9. The third-order valence-electron chi connectivity index (χ3n) is 3.50. The lowest BCUT2D eigenvalue weighted by Gasteiger charge is -2.23. The summed E-state index contributed by atoms with van der Waals surface area (Å²) in [6, 6.07) is 13.6. The van der Waals surface area contributed by atoms with E-state index in [1.165, 1.54) is 0 Å². The SMILES string of the molecule is CCCCC(=O)N(c1ccc(N(C)C)cc1)c1ccccn1. The number of unbranched alkanes of at least 4 members (excludes halogenated alkanes) is 1. The highest BCUT2D eigenvalue weighted by atomic mass is 16.2. The average Bonchev–Trinajstić information content (AvgIpc) is 2.54. The molecule has 0 bridgehead atoms. The van der Waals surface area contributed by atoms with Gasteiger partial charge in [-0.1, -0.05) is 19.4 Å². The molecule has 0 fully saturated rings. The lowest BCUT2D eigenvalue weighted by molar-refractivity contribution is -0.118. The van der Waals surface area contributed by atoms with Gasteiger partial charge in [-0.25, -0.2) is 4.98 Å². The fourth-order valence-electron chi connectivity index (χ4n) is 2.23. The summed E-state index contributed by atoms with van der Waals surface area (Å²) in [6.07, 6.45) is 4.13. The molecule has 0 unspecified atom stereocenters. The van der Waals surface area contributed by atoms with Crippen LogP contribution in [0.4, 0.5) is 17.2 Å². The molecule has 1 amide bonds. The molecule has 0 saturated carbocycles. The number of rotatable bonds is 6. The van der Waals surface area contributed by atoms with Gasteiger partial charge in [-0.05, 0) is 42.8 Å². The number of carbonyl (C=O) groups is 1. The van der Waals surface area contributed by atoms with Gasteiger partial charge < -0.3 is 4.90 Å². The van der Waals surface area contributed by atoms with Crippen LogP contribution >= 0.6 is 0 Å². The number of hydrogen-bond acceptors (Lipinski definition) is 3. The van der Waals surface area contributed by atoms with Crippen molar-refractivity contribution in [3.63, 3.8) is 0 Å². The normalized spacial score (nSPS) is 10.3. The summed E-state index contributed by atoms with van der Waals surface area (Å²) in [6.45, 7) is 2.09. The summed E-state index contributed by atoms with van der Waals surface area (Å²) in [4.78, 5) is 20.7. The van der Waals surface area contributed by atoms with Crippen molar-refractivity contribution in [3.8, 4) is 0 Å². The Bertz CT molecular complexity index is 593. The van der Waals surface area contributed by atoms with Gasteiger partial charge in [-0.2, -0.15) is 0 Å². The van der Waals surface area contributed by atoms with Crippen molar-refractivity contribution in [2.75, 3.05) is 23.9 Å². The number of aromatic nitrogens is 1. The highest BCUT2D eigenvalue weighted by Crippen LogP contribution is 2.26. The molecule has 1 aromatic heterocycles. The van der Waals surface area contributed by atoms with Crippen LogP contribution in [0.1, 0.15) is 26.2 Å². The van der Waals surface area contributed by atoms with Crippen LogP contribution < -0.4 is 9.80 Å². The molecule has 1 aromatic carbocycles. The predicted octanol–water partition coefficient (Wildman–Crippen LogP) is 4.00. The number of amides is 1. The second-order valence-electron chi connectivity index (χ2n) is 5.43. The third-order valence-corrected chi connectivity index (χ3v) is 3.50. The molecule has 2 aromatic rings. The minimum atomic E-state index is 0.0816. The van der Waals surface area contributed by atoms with Gasteiger partial charge >= 0.3 is 0 Å². The van der Waals surface area contributed by atoms with E-state index in [0.717, 1.165) is 24.2 Å². The van der Waals surface area contributed by atoms with Gasteiger partial charge in [0, 0.05) is 32.4 Å². The number of hydrogen-bond donors (Lipinski definition) is 0. The maximum Gasteiger partial charge on any atom is 0.232 e. The van der Waals surface area contributed by atoms with Gasteiger partial charge in [0.2, 0.25) is 5.91 Å². The van der Waals surface area contributed by atoms with Crippen molar-refractivity contribution in [1.29, 1.82) is 0 Å². The minimum absolute atomic E-state index is 0.0816. The summed E-state index contributed by atoms with van der Waals surface area (Å²) in [7, 11) is 4.00. The maximum atomic E-state index is 12.6. The lowest BCUT2D eigenvalue weighted by Crippen LogP contribution is -2.26. The van der Waals surface area contributed by atoms with Crippen molar-refractivity contribution in [1.82, 2.24) is 4.98 Å². The molecule has 116 valence electrons. The van der Waals surface area contributed by atoms with Gasteiger partial charge in [0.15, 0.2) is 0 Å². The van der Waals surface area contributed by atoms with E-state index in [1.807, 2.05) is 61.5 Å². The second-order valence-corrected chi connectivity index (χ2v) is 5.43. The molecular formula is C18H23N3O. The van der Waals surface area contributed by atoms with Crippen LogP contribution in [0.5, 0.6) is 0 Å². The van der Waals surface area contributed by atoms with Crippen LogP contribution in [0.2, 0.25) is 0 Å². The molecule has 4 nitrogen and oxygen atoms in total. The fraction of sp³-hybridized carbons (Fsp3) is 0.333. The van der Waals surface area contributed by atoms with Crippen molar-refractivity contribution in [2.45, 2.75) is 26.2 Å². The van der Waals surface area contributed by atoms with Gasteiger partial charge in [-0.15, -0.1) is 0 Å². The molecule has 0 aliphatic carbocycles.